The number of hydrogen-bond donors (Lipinski definition) is 0. The maximum absolute atomic E-state index is 15.1. The molecule has 0 heterocycles. The van der Waals surface area contributed by atoms with Crippen LogP contribution in [0.4, 0.5) is 0 Å². The van der Waals surface area contributed by atoms with Gasteiger partial charge in [0.05, 0.1) is 7.11 Å². The van der Waals surface area contributed by atoms with Crippen LogP contribution in [0.15, 0.2) is 91.0 Å². The second-order valence-electron chi connectivity index (χ2n) is 14.3. The molecule has 2 aliphatic carbocycles. The third-order valence-electron chi connectivity index (χ3n) is 11.0. The molecule has 2 aliphatic rings. The lowest BCUT2D eigenvalue weighted by molar-refractivity contribution is -0.136. The van der Waals surface area contributed by atoms with Crippen molar-refractivity contribution in [2.45, 2.75) is 108 Å². The molecule has 0 atom stereocenters. The van der Waals surface area contributed by atoms with Crippen molar-refractivity contribution >= 4 is 21.8 Å². The number of unbranched alkanes of at least 4 members (excludes halogenated alkanes) is 1. The average molecular weight is 737 g/mol. The lowest BCUT2D eigenvalue weighted by Crippen LogP contribution is -2.47. The van der Waals surface area contributed by atoms with Crippen molar-refractivity contribution < 1.29 is 14.3 Å². The molecule has 6 rings (SSSR count). The zero-order valence-electron chi connectivity index (χ0n) is 30.1. The molecule has 5 heteroatoms. The van der Waals surface area contributed by atoms with Crippen molar-refractivity contribution in [2.75, 3.05) is 19.0 Å². The predicted octanol–water partition coefficient (Wildman–Crippen LogP) is 11.8. The molecule has 0 aromatic heterocycles. The normalized spacial score (nSPS) is 15.7. The molecule has 0 bridgehead atoms. The smallest absolute Gasteiger partial charge is 0.238 e. The van der Waals surface area contributed by atoms with Gasteiger partial charge in [-0.25, -0.2) is 0 Å². The number of amides is 1. The topological polar surface area (TPSA) is 38.8 Å². The van der Waals surface area contributed by atoms with E-state index in [1.165, 1.54) is 73.6 Å². The van der Waals surface area contributed by atoms with E-state index in [1.807, 2.05) is 12.1 Å². The van der Waals surface area contributed by atoms with E-state index in [2.05, 4.69) is 107 Å². The molecule has 0 unspecified atom stereocenters. The zero-order chi connectivity index (χ0) is 34.8. The lowest BCUT2D eigenvalue weighted by atomic mass is 9.73. The quantitative estimate of drug-likeness (QED) is 0.0956. The molecule has 0 radical (unpaired) electrons. The van der Waals surface area contributed by atoms with Crippen LogP contribution >= 0.6 is 15.9 Å². The molecule has 0 aliphatic heterocycles. The van der Waals surface area contributed by atoms with Crippen LogP contribution in [-0.2, 0) is 23.4 Å². The summed E-state index contributed by atoms with van der Waals surface area (Å²) in [6.45, 7) is 3.79. The Hall–Kier alpha value is -3.57. The number of halogens is 1. The molecule has 50 heavy (non-hydrogen) atoms. The van der Waals surface area contributed by atoms with Gasteiger partial charge in [-0.3, -0.25) is 4.79 Å². The minimum atomic E-state index is -0.717. The van der Waals surface area contributed by atoms with Gasteiger partial charge in [-0.05, 0) is 83.5 Å². The van der Waals surface area contributed by atoms with Crippen molar-refractivity contribution in [1.29, 1.82) is 0 Å². The van der Waals surface area contributed by atoms with E-state index in [4.69, 9.17) is 9.47 Å². The Morgan fingerprint density at radius 3 is 2.08 bits per heavy atom. The van der Waals surface area contributed by atoms with E-state index in [-0.39, 0.29) is 5.91 Å². The summed E-state index contributed by atoms with van der Waals surface area (Å²) in [5.74, 6) is 2.37. The summed E-state index contributed by atoms with van der Waals surface area (Å²) in [6.07, 6.45) is 14.5. The highest BCUT2D eigenvalue weighted by Crippen LogP contribution is 2.52. The number of alkyl halides is 1. The van der Waals surface area contributed by atoms with E-state index in [1.54, 1.807) is 7.11 Å². The molecule has 264 valence electrons. The molecule has 1 fully saturated rings. The number of methoxy groups -OCH3 is 1. The van der Waals surface area contributed by atoms with Gasteiger partial charge in [0.15, 0.2) is 0 Å². The first kappa shape index (κ1) is 36.2. The molecule has 1 saturated carbocycles. The number of nitrogens with zero attached hydrogens (tertiary/aromatic N) is 1. The van der Waals surface area contributed by atoms with Gasteiger partial charge < -0.3 is 14.4 Å². The molecule has 1 amide bonds. The number of hydrogen-bond acceptors (Lipinski definition) is 3. The van der Waals surface area contributed by atoms with Gasteiger partial charge in [0.2, 0.25) is 5.91 Å². The third kappa shape index (κ3) is 7.99. The summed E-state index contributed by atoms with van der Waals surface area (Å²) in [5.41, 5.74) is 7.52. The monoisotopic (exact) mass is 735 g/mol. The molecule has 0 N–H and O–H groups in total. The Balaban J connectivity index is 1.19. The summed E-state index contributed by atoms with van der Waals surface area (Å²) >= 11 is 3.63. The van der Waals surface area contributed by atoms with Gasteiger partial charge in [0.1, 0.15) is 23.5 Å². The van der Waals surface area contributed by atoms with Gasteiger partial charge in [-0.2, -0.15) is 0 Å². The molecule has 0 spiro atoms. The van der Waals surface area contributed by atoms with Crippen LogP contribution < -0.4 is 9.47 Å². The average Bonchev–Trinajstić information content (AvgIpc) is 3.52. The second kappa shape index (κ2) is 17.6. The van der Waals surface area contributed by atoms with Gasteiger partial charge in [0.25, 0.3) is 0 Å². The maximum Gasteiger partial charge on any atom is 0.238 e. The fourth-order valence-electron chi connectivity index (χ4n) is 8.38. The van der Waals surface area contributed by atoms with E-state index < -0.39 is 5.41 Å². The van der Waals surface area contributed by atoms with Crippen molar-refractivity contribution in [3.8, 4) is 22.6 Å². The number of carbonyl (C=O) groups excluding carboxylic acids is 1. The SMILES string of the molecule is CCCN(Cc1ccc(OCc2ccc(C3CCCCCCCC3)cc2)cc1OC)C(=O)C1(CCCCBr)c2ccccc2-c2ccccc21. The summed E-state index contributed by atoms with van der Waals surface area (Å²) in [7, 11) is 1.70. The fraction of sp³-hybridized carbons (Fsp3) is 0.444. The molecule has 4 nitrogen and oxygen atoms in total. The van der Waals surface area contributed by atoms with Crippen LogP contribution in [0, 0.1) is 0 Å². The van der Waals surface area contributed by atoms with Crippen molar-refractivity contribution in [2.24, 2.45) is 0 Å². The van der Waals surface area contributed by atoms with Crippen LogP contribution in [0.25, 0.3) is 11.1 Å². The van der Waals surface area contributed by atoms with E-state index in [0.717, 1.165) is 59.2 Å². The van der Waals surface area contributed by atoms with Crippen LogP contribution in [0.3, 0.4) is 0 Å². The van der Waals surface area contributed by atoms with Crippen molar-refractivity contribution in [3.63, 3.8) is 0 Å². The van der Waals surface area contributed by atoms with Crippen LogP contribution in [-0.4, -0.2) is 29.8 Å². The number of rotatable bonds is 14. The Morgan fingerprint density at radius 2 is 1.46 bits per heavy atom. The van der Waals surface area contributed by atoms with Gasteiger partial charge in [-0.1, -0.05) is 141 Å². The maximum atomic E-state index is 15.1. The molecule has 4 aromatic rings. The Labute approximate surface area is 308 Å². The van der Waals surface area contributed by atoms with Gasteiger partial charge >= 0.3 is 0 Å². The molecular weight excluding hydrogens is 682 g/mol. The zero-order valence-corrected chi connectivity index (χ0v) is 31.7. The van der Waals surface area contributed by atoms with Crippen LogP contribution in [0.2, 0.25) is 0 Å². The second-order valence-corrected chi connectivity index (χ2v) is 15.1. The summed E-state index contributed by atoms with van der Waals surface area (Å²) in [4.78, 5) is 17.2. The van der Waals surface area contributed by atoms with E-state index >= 15 is 4.79 Å². The van der Waals surface area contributed by atoms with Crippen molar-refractivity contribution in [3.05, 3.63) is 119 Å². The van der Waals surface area contributed by atoms with Gasteiger partial charge in [0, 0.05) is 30.0 Å². The van der Waals surface area contributed by atoms with E-state index in [9.17, 15) is 0 Å². The highest BCUT2D eigenvalue weighted by Gasteiger charge is 2.50. The highest BCUT2D eigenvalue weighted by molar-refractivity contribution is 9.09. The first-order chi connectivity index (χ1) is 24.6. The largest absolute Gasteiger partial charge is 0.496 e. The van der Waals surface area contributed by atoms with Crippen LogP contribution in [0.5, 0.6) is 11.5 Å². The summed E-state index contributed by atoms with van der Waals surface area (Å²) in [5, 5.41) is 0.927. The predicted molar refractivity (Wildman–Crippen MR) is 209 cm³/mol. The third-order valence-corrected chi connectivity index (χ3v) is 11.5. The molecule has 0 saturated heterocycles. The highest BCUT2D eigenvalue weighted by atomic mass is 79.9. The fourth-order valence-corrected chi connectivity index (χ4v) is 8.78. The lowest BCUT2D eigenvalue weighted by Gasteiger charge is -2.37. The standard InChI is InChI=1S/C45H54BrNO3/c1-3-30-47(44(48)45(28-14-15-29-46)41-20-12-10-18-39(41)40-19-11-13-21-42(40)45)32-37-26-27-38(31-43(37)49-2)50-33-34-22-24-36(25-23-34)35-16-8-6-4-5-7-9-17-35/h10-13,18-27,31,35H,3-9,14-17,28-30,32-33H2,1-2H3. The number of ether oxygens (including phenoxy) is 2. The van der Waals surface area contributed by atoms with Crippen molar-refractivity contribution in [1.82, 2.24) is 4.90 Å². The Morgan fingerprint density at radius 1 is 0.820 bits per heavy atom. The molecular formula is C45H54BrNO3. The Kier molecular flexibility index (Phi) is 12.7. The summed E-state index contributed by atoms with van der Waals surface area (Å²) < 4.78 is 12.2. The number of fused-ring (bicyclic) bond motifs is 3. The number of carbonyl (C=O) groups is 1. The van der Waals surface area contributed by atoms with Crippen LogP contribution in [0.1, 0.15) is 118 Å². The van der Waals surface area contributed by atoms with E-state index in [0.29, 0.717) is 25.6 Å². The first-order valence-corrected chi connectivity index (χ1v) is 20.1. The summed E-state index contributed by atoms with van der Waals surface area (Å²) in [6, 6.07) is 32.2. The minimum absolute atomic E-state index is 0.173. The van der Waals surface area contributed by atoms with Gasteiger partial charge in [-0.15, -0.1) is 0 Å². The number of benzene rings is 4. The first-order valence-electron chi connectivity index (χ1n) is 19.0. The molecule has 4 aromatic carbocycles. The minimum Gasteiger partial charge on any atom is -0.496 e. The Bertz CT molecular complexity index is 1640.